The molecular formula is C13H26N2. The Morgan fingerprint density at radius 1 is 1.33 bits per heavy atom. The quantitative estimate of drug-likeness (QED) is 0.723. The number of nitrogens with one attached hydrogen (secondary N) is 1. The summed E-state index contributed by atoms with van der Waals surface area (Å²) in [5, 5.41) is 3.39. The second kappa shape index (κ2) is 5.31. The van der Waals surface area contributed by atoms with Gasteiger partial charge in [-0.2, -0.15) is 0 Å². The van der Waals surface area contributed by atoms with Gasteiger partial charge in [0.25, 0.3) is 0 Å². The molecule has 1 saturated carbocycles. The Hall–Kier alpha value is -0.0800. The molecule has 1 aliphatic carbocycles. The first-order valence-corrected chi connectivity index (χ1v) is 6.77. The summed E-state index contributed by atoms with van der Waals surface area (Å²) in [4.78, 5) is 2.74. The molecule has 2 nitrogen and oxygen atoms in total. The highest BCUT2D eigenvalue weighted by Gasteiger charge is 2.30. The van der Waals surface area contributed by atoms with Crippen LogP contribution in [0.15, 0.2) is 0 Å². The molecule has 0 amide bonds. The van der Waals surface area contributed by atoms with Gasteiger partial charge in [0, 0.05) is 25.2 Å². The van der Waals surface area contributed by atoms with Gasteiger partial charge in [0.2, 0.25) is 0 Å². The Balaban J connectivity index is 1.78. The van der Waals surface area contributed by atoms with Gasteiger partial charge < -0.3 is 5.32 Å². The minimum absolute atomic E-state index is 0.808. The first-order valence-electron chi connectivity index (χ1n) is 6.77. The molecule has 2 aliphatic rings. The average molecular weight is 210 g/mol. The van der Waals surface area contributed by atoms with Crippen molar-refractivity contribution in [1.82, 2.24) is 10.2 Å². The highest BCUT2D eigenvalue weighted by atomic mass is 15.2. The zero-order valence-corrected chi connectivity index (χ0v) is 10.3. The molecule has 1 unspecified atom stereocenters. The third-order valence-electron chi connectivity index (χ3n) is 4.18. The maximum atomic E-state index is 3.39. The highest BCUT2D eigenvalue weighted by molar-refractivity contribution is 4.88. The predicted octanol–water partition coefficient (Wildman–Crippen LogP) is 2.25. The van der Waals surface area contributed by atoms with Crippen molar-refractivity contribution < 1.29 is 0 Å². The Morgan fingerprint density at radius 2 is 2.07 bits per heavy atom. The van der Waals surface area contributed by atoms with Crippen LogP contribution in [0.2, 0.25) is 0 Å². The maximum Gasteiger partial charge on any atom is 0.0348 e. The van der Waals surface area contributed by atoms with Crippen molar-refractivity contribution in [2.75, 3.05) is 19.6 Å². The second-order valence-electron chi connectivity index (χ2n) is 5.43. The molecule has 0 aromatic rings. The molecule has 0 bridgehead atoms. The molecule has 0 radical (unpaired) electrons. The number of hydrogen-bond acceptors (Lipinski definition) is 2. The molecule has 2 rings (SSSR count). The van der Waals surface area contributed by atoms with Gasteiger partial charge in [-0.15, -0.1) is 0 Å². The number of hydrogen-bond donors (Lipinski definition) is 1. The normalized spacial score (nSPS) is 25.0. The van der Waals surface area contributed by atoms with E-state index in [1.807, 2.05) is 0 Å². The van der Waals surface area contributed by atoms with E-state index in [0.717, 1.165) is 18.0 Å². The first-order chi connectivity index (χ1) is 7.31. The summed E-state index contributed by atoms with van der Waals surface area (Å²) in [5.41, 5.74) is 0. The van der Waals surface area contributed by atoms with Crippen molar-refractivity contribution in [3.05, 3.63) is 0 Å². The van der Waals surface area contributed by atoms with Crippen LogP contribution < -0.4 is 5.32 Å². The van der Waals surface area contributed by atoms with E-state index in [2.05, 4.69) is 24.1 Å². The fourth-order valence-electron chi connectivity index (χ4n) is 2.88. The van der Waals surface area contributed by atoms with Gasteiger partial charge in [-0.3, -0.25) is 4.90 Å². The lowest BCUT2D eigenvalue weighted by Crippen LogP contribution is -2.59. The Labute approximate surface area is 94.4 Å². The molecule has 0 aromatic heterocycles. The summed E-state index contributed by atoms with van der Waals surface area (Å²) >= 11 is 0. The summed E-state index contributed by atoms with van der Waals surface area (Å²) in [6.45, 7) is 8.46. The van der Waals surface area contributed by atoms with Gasteiger partial charge in [-0.25, -0.2) is 0 Å². The summed E-state index contributed by atoms with van der Waals surface area (Å²) in [6, 6.07) is 1.64. The SMILES string of the molecule is CCCN(C(C)CC1CCC1)C1CNC1. The lowest BCUT2D eigenvalue weighted by molar-refractivity contribution is 0.0791. The highest BCUT2D eigenvalue weighted by Crippen LogP contribution is 2.32. The largest absolute Gasteiger partial charge is 0.314 e. The lowest BCUT2D eigenvalue weighted by atomic mass is 9.80. The Morgan fingerprint density at radius 3 is 2.47 bits per heavy atom. The molecule has 1 aliphatic heterocycles. The van der Waals surface area contributed by atoms with Crippen LogP contribution in [-0.2, 0) is 0 Å². The minimum atomic E-state index is 0.808. The molecular weight excluding hydrogens is 184 g/mol. The van der Waals surface area contributed by atoms with Gasteiger partial charge in [-0.05, 0) is 32.2 Å². The van der Waals surface area contributed by atoms with Crippen molar-refractivity contribution in [3.8, 4) is 0 Å². The van der Waals surface area contributed by atoms with Crippen LogP contribution in [-0.4, -0.2) is 36.6 Å². The Bertz CT molecular complexity index is 185. The van der Waals surface area contributed by atoms with Gasteiger partial charge in [-0.1, -0.05) is 26.2 Å². The summed E-state index contributed by atoms with van der Waals surface area (Å²) in [5.74, 6) is 1.05. The van der Waals surface area contributed by atoms with E-state index >= 15 is 0 Å². The van der Waals surface area contributed by atoms with E-state index in [1.54, 1.807) is 0 Å². The van der Waals surface area contributed by atoms with Crippen LogP contribution in [0.25, 0.3) is 0 Å². The monoisotopic (exact) mass is 210 g/mol. The molecule has 2 heteroatoms. The number of nitrogens with zero attached hydrogens (tertiary/aromatic N) is 1. The van der Waals surface area contributed by atoms with E-state index in [1.165, 1.54) is 51.7 Å². The topological polar surface area (TPSA) is 15.3 Å². The second-order valence-corrected chi connectivity index (χ2v) is 5.43. The zero-order valence-electron chi connectivity index (χ0n) is 10.3. The van der Waals surface area contributed by atoms with E-state index in [0.29, 0.717) is 0 Å². The molecule has 1 heterocycles. The zero-order chi connectivity index (χ0) is 10.7. The summed E-state index contributed by atoms with van der Waals surface area (Å²) < 4.78 is 0. The van der Waals surface area contributed by atoms with E-state index in [-0.39, 0.29) is 0 Å². The van der Waals surface area contributed by atoms with Crippen LogP contribution >= 0.6 is 0 Å². The first kappa shape index (κ1) is 11.4. The minimum Gasteiger partial charge on any atom is -0.314 e. The third-order valence-corrected chi connectivity index (χ3v) is 4.18. The fourth-order valence-corrected chi connectivity index (χ4v) is 2.88. The van der Waals surface area contributed by atoms with Gasteiger partial charge in [0.05, 0.1) is 0 Å². The van der Waals surface area contributed by atoms with Crippen molar-refractivity contribution >= 4 is 0 Å². The van der Waals surface area contributed by atoms with Crippen molar-refractivity contribution in [2.24, 2.45) is 5.92 Å². The average Bonchev–Trinajstić information content (AvgIpc) is 2.07. The fraction of sp³-hybridized carbons (Fsp3) is 1.00. The summed E-state index contributed by atoms with van der Waals surface area (Å²) in [7, 11) is 0. The van der Waals surface area contributed by atoms with Crippen LogP contribution in [0.4, 0.5) is 0 Å². The van der Waals surface area contributed by atoms with Crippen LogP contribution in [0.1, 0.15) is 46.0 Å². The smallest absolute Gasteiger partial charge is 0.0348 e. The van der Waals surface area contributed by atoms with Crippen molar-refractivity contribution in [1.29, 1.82) is 0 Å². The number of rotatable bonds is 6. The van der Waals surface area contributed by atoms with Crippen molar-refractivity contribution in [2.45, 2.75) is 58.0 Å². The molecule has 15 heavy (non-hydrogen) atoms. The van der Waals surface area contributed by atoms with E-state index in [4.69, 9.17) is 0 Å². The van der Waals surface area contributed by atoms with Crippen LogP contribution in [0.5, 0.6) is 0 Å². The van der Waals surface area contributed by atoms with Crippen LogP contribution in [0, 0.1) is 5.92 Å². The summed E-state index contributed by atoms with van der Waals surface area (Å²) in [6.07, 6.45) is 7.21. The molecule has 1 N–H and O–H groups in total. The van der Waals surface area contributed by atoms with E-state index < -0.39 is 0 Å². The molecule has 88 valence electrons. The molecule has 1 atom stereocenters. The Kier molecular flexibility index (Phi) is 4.04. The van der Waals surface area contributed by atoms with E-state index in [9.17, 15) is 0 Å². The lowest BCUT2D eigenvalue weighted by Gasteiger charge is -2.43. The predicted molar refractivity (Wildman–Crippen MR) is 65.1 cm³/mol. The van der Waals surface area contributed by atoms with Gasteiger partial charge >= 0.3 is 0 Å². The van der Waals surface area contributed by atoms with Crippen LogP contribution in [0.3, 0.4) is 0 Å². The van der Waals surface area contributed by atoms with Crippen molar-refractivity contribution in [3.63, 3.8) is 0 Å². The molecule has 1 saturated heterocycles. The van der Waals surface area contributed by atoms with Gasteiger partial charge in [0.15, 0.2) is 0 Å². The molecule has 0 spiro atoms. The standard InChI is InChI=1S/C13H26N2/c1-3-7-15(13-9-14-10-13)11(2)8-12-5-4-6-12/h11-14H,3-10H2,1-2H3. The molecule has 0 aromatic carbocycles. The third kappa shape index (κ3) is 2.73. The van der Waals surface area contributed by atoms with Gasteiger partial charge in [0.1, 0.15) is 0 Å². The molecule has 2 fully saturated rings. The maximum absolute atomic E-state index is 3.39.